The van der Waals surface area contributed by atoms with Crippen LogP contribution in [0, 0.1) is 0 Å². The zero-order chi connectivity index (χ0) is 18.9. The molecule has 0 bridgehead atoms. The summed E-state index contributed by atoms with van der Waals surface area (Å²) in [5.41, 5.74) is 2.38. The Kier molecular flexibility index (Phi) is 16.2. The van der Waals surface area contributed by atoms with Gasteiger partial charge in [0.05, 0.1) is 7.11 Å². The molecule has 1 aromatic rings. The van der Waals surface area contributed by atoms with Crippen LogP contribution in [0.4, 0.5) is 0 Å². The fourth-order valence-electron chi connectivity index (χ4n) is 2.81. The Morgan fingerprint density at radius 2 is 1.40 bits per heavy atom. The van der Waals surface area contributed by atoms with E-state index in [4.69, 9.17) is 16.3 Å². The Labute approximate surface area is 161 Å². The molecule has 0 aromatic heterocycles. The molecule has 0 aliphatic heterocycles. The number of nitrogens with zero attached hydrogens (tertiary/aromatic N) is 1. The van der Waals surface area contributed by atoms with Crippen LogP contribution in [0.3, 0.4) is 0 Å². The van der Waals surface area contributed by atoms with Crippen LogP contribution in [0.1, 0.15) is 77.3 Å². The average molecular weight is 370 g/mol. The smallest absolute Gasteiger partial charge is 0.122 e. The van der Waals surface area contributed by atoms with E-state index in [-0.39, 0.29) is 0 Å². The van der Waals surface area contributed by atoms with Crippen LogP contribution >= 0.6 is 11.6 Å². The number of methoxy groups -OCH3 is 1. The summed E-state index contributed by atoms with van der Waals surface area (Å²) in [4.78, 5) is 2.64. The zero-order valence-electron chi connectivity index (χ0n) is 17.2. The molecule has 0 N–H and O–H groups in total. The first-order valence-corrected chi connectivity index (χ1v) is 10.6. The lowest BCUT2D eigenvalue weighted by molar-refractivity contribution is 0.261. The predicted octanol–water partition coefficient (Wildman–Crippen LogP) is 6.69. The number of benzene rings is 1. The van der Waals surface area contributed by atoms with Crippen molar-refractivity contribution in [2.24, 2.45) is 0 Å². The molecule has 0 fully saturated rings. The van der Waals surface area contributed by atoms with Gasteiger partial charge in [-0.2, -0.15) is 0 Å². The quantitative estimate of drug-likeness (QED) is 0.381. The summed E-state index contributed by atoms with van der Waals surface area (Å²) in [6.07, 6.45) is 9.05. The first kappa shape index (κ1) is 24.3. The maximum atomic E-state index is 5.78. The SMILES string of the molecule is CCCCN(CCCC)CCCC.CCc1c(CCl)cccc1OC. The minimum Gasteiger partial charge on any atom is -0.496 e. The van der Waals surface area contributed by atoms with Crippen molar-refractivity contribution in [3.8, 4) is 5.75 Å². The van der Waals surface area contributed by atoms with Gasteiger partial charge in [-0.1, -0.05) is 59.1 Å². The third-order valence-electron chi connectivity index (χ3n) is 4.43. The summed E-state index contributed by atoms with van der Waals surface area (Å²) in [7, 11) is 1.69. The second-order valence-electron chi connectivity index (χ2n) is 6.49. The monoisotopic (exact) mass is 369 g/mol. The standard InChI is InChI=1S/C12H27N.C10H13ClO/c1-4-7-10-13(11-8-5-2)12-9-6-3;1-3-9-8(7-11)5-4-6-10(9)12-2/h4-12H2,1-3H3;4-6H,3,7H2,1-2H3. The van der Waals surface area contributed by atoms with E-state index in [2.05, 4.69) is 32.6 Å². The predicted molar refractivity (Wildman–Crippen MR) is 113 cm³/mol. The maximum Gasteiger partial charge on any atom is 0.122 e. The van der Waals surface area contributed by atoms with E-state index in [1.165, 1.54) is 69.3 Å². The van der Waals surface area contributed by atoms with Crippen LogP contribution < -0.4 is 4.74 Å². The van der Waals surface area contributed by atoms with Crippen LogP contribution in [0.2, 0.25) is 0 Å². The van der Waals surface area contributed by atoms with Crippen LogP contribution in [-0.2, 0) is 12.3 Å². The van der Waals surface area contributed by atoms with Crippen LogP contribution in [0.15, 0.2) is 18.2 Å². The Bertz CT molecular complexity index is 381. The first-order valence-electron chi connectivity index (χ1n) is 10.1. The minimum absolute atomic E-state index is 0.556. The Balaban J connectivity index is 0.000000462. The number of halogens is 1. The third kappa shape index (κ3) is 10.8. The molecule has 1 rings (SSSR count). The van der Waals surface area contributed by atoms with E-state index in [1.54, 1.807) is 7.11 Å². The van der Waals surface area contributed by atoms with Crippen molar-refractivity contribution >= 4 is 11.6 Å². The van der Waals surface area contributed by atoms with E-state index in [0.29, 0.717) is 5.88 Å². The van der Waals surface area contributed by atoms with Crippen molar-refractivity contribution in [2.75, 3.05) is 26.7 Å². The summed E-state index contributed by atoms with van der Waals surface area (Å²) < 4.78 is 5.22. The normalized spacial score (nSPS) is 10.5. The number of rotatable bonds is 12. The third-order valence-corrected chi connectivity index (χ3v) is 4.72. The number of alkyl halides is 1. The van der Waals surface area contributed by atoms with Gasteiger partial charge in [-0.3, -0.25) is 0 Å². The van der Waals surface area contributed by atoms with Gasteiger partial charge in [0, 0.05) is 5.88 Å². The van der Waals surface area contributed by atoms with E-state index < -0.39 is 0 Å². The Morgan fingerprint density at radius 3 is 1.76 bits per heavy atom. The van der Waals surface area contributed by atoms with Crippen molar-refractivity contribution in [2.45, 2.75) is 78.5 Å². The minimum atomic E-state index is 0.556. The van der Waals surface area contributed by atoms with Gasteiger partial charge >= 0.3 is 0 Å². The molecule has 2 nitrogen and oxygen atoms in total. The lowest BCUT2D eigenvalue weighted by Crippen LogP contribution is -2.27. The molecule has 0 aliphatic carbocycles. The summed E-state index contributed by atoms with van der Waals surface area (Å²) >= 11 is 5.78. The van der Waals surface area contributed by atoms with Gasteiger partial charge in [-0.25, -0.2) is 0 Å². The van der Waals surface area contributed by atoms with Gasteiger partial charge in [-0.15, -0.1) is 11.6 Å². The number of ether oxygens (including phenoxy) is 1. The highest BCUT2D eigenvalue weighted by molar-refractivity contribution is 6.17. The summed E-state index contributed by atoms with van der Waals surface area (Å²) in [6, 6.07) is 5.97. The number of hydrogen-bond acceptors (Lipinski definition) is 2. The van der Waals surface area contributed by atoms with Crippen molar-refractivity contribution in [3.05, 3.63) is 29.3 Å². The molecule has 0 amide bonds. The fraction of sp³-hybridized carbons (Fsp3) is 0.727. The fourth-order valence-corrected chi connectivity index (χ4v) is 3.06. The largest absolute Gasteiger partial charge is 0.496 e. The molecule has 146 valence electrons. The molecule has 0 saturated heterocycles. The molecule has 0 atom stereocenters. The molecule has 25 heavy (non-hydrogen) atoms. The Morgan fingerprint density at radius 1 is 0.880 bits per heavy atom. The molecule has 1 aromatic carbocycles. The zero-order valence-corrected chi connectivity index (χ0v) is 18.0. The number of unbranched alkanes of at least 4 members (excludes halogenated alkanes) is 3. The van der Waals surface area contributed by atoms with Crippen LogP contribution in [-0.4, -0.2) is 31.6 Å². The molecule has 0 radical (unpaired) electrons. The van der Waals surface area contributed by atoms with Gasteiger partial charge in [0.2, 0.25) is 0 Å². The lowest BCUT2D eigenvalue weighted by Gasteiger charge is -2.21. The van der Waals surface area contributed by atoms with Gasteiger partial charge in [-0.05, 0) is 62.5 Å². The summed E-state index contributed by atoms with van der Waals surface area (Å²) in [5.74, 6) is 1.50. The average Bonchev–Trinajstić information content (AvgIpc) is 2.67. The van der Waals surface area contributed by atoms with Crippen molar-refractivity contribution < 1.29 is 4.74 Å². The summed E-state index contributed by atoms with van der Waals surface area (Å²) in [5, 5.41) is 0. The molecule has 0 unspecified atom stereocenters. The van der Waals surface area contributed by atoms with E-state index >= 15 is 0 Å². The van der Waals surface area contributed by atoms with E-state index in [9.17, 15) is 0 Å². The molecule has 0 saturated carbocycles. The van der Waals surface area contributed by atoms with Gasteiger partial charge in [0.1, 0.15) is 5.75 Å². The highest BCUT2D eigenvalue weighted by atomic mass is 35.5. The second kappa shape index (κ2) is 16.7. The van der Waals surface area contributed by atoms with E-state index in [0.717, 1.165) is 12.2 Å². The van der Waals surface area contributed by atoms with Crippen LogP contribution in [0.5, 0.6) is 5.75 Å². The molecular weight excluding hydrogens is 330 g/mol. The maximum absolute atomic E-state index is 5.78. The molecule has 0 heterocycles. The van der Waals surface area contributed by atoms with Gasteiger partial charge < -0.3 is 9.64 Å². The van der Waals surface area contributed by atoms with Crippen molar-refractivity contribution in [3.63, 3.8) is 0 Å². The van der Waals surface area contributed by atoms with Crippen molar-refractivity contribution in [1.82, 2.24) is 4.90 Å². The molecule has 3 heteroatoms. The first-order chi connectivity index (χ1) is 12.2. The van der Waals surface area contributed by atoms with E-state index in [1.807, 2.05) is 18.2 Å². The van der Waals surface area contributed by atoms with Crippen molar-refractivity contribution in [1.29, 1.82) is 0 Å². The van der Waals surface area contributed by atoms with Gasteiger partial charge in [0.15, 0.2) is 0 Å². The Hall–Kier alpha value is -0.730. The van der Waals surface area contributed by atoms with Gasteiger partial charge in [0.25, 0.3) is 0 Å². The van der Waals surface area contributed by atoms with Crippen LogP contribution in [0.25, 0.3) is 0 Å². The molecule has 0 spiro atoms. The number of hydrogen-bond donors (Lipinski definition) is 0. The topological polar surface area (TPSA) is 12.5 Å². The molecule has 0 aliphatic rings. The molecular formula is C22H40ClNO. The highest BCUT2D eigenvalue weighted by Gasteiger charge is 2.05. The highest BCUT2D eigenvalue weighted by Crippen LogP contribution is 2.23. The second-order valence-corrected chi connectivity index (χ2v) is 6.75. The summed E-state index contributed by atoms with van der Waals surface area (Å²) in [6.45, 7) is 12.9. The lowest BCUT2D eigenvalue weighted by atomic mass is 10.1.